The molecule has 19 heteroatoms. The molecule has 5 unspecified atom stereocenters. The fourth-order valence-electron chi connectivity index (χ4n) is 9.40. The Morgan fingerprint density at radius 1 is 0.279 bits per heavy atom. The van der Waals surface area contributed by atoms with Gasteiger partial charge in [0.1, 0.15) is 19.3 Å². The Bertz CT molecular complexity index is 2740. The number of carbonyl (C=O) groups is 4. The van der Waals surface area contributed by atoms with Gasteiger partial charge in [-0.15, -0.1) is 0 Å². The van der Waals surface area contributed by atoms with E-state index in [-0.39, 0.29) is 25.7 Å². The van der Waals surface area contributed by atoms with E-state index in [1.807, 2.05) is 30.4 Å². The molecule has 0 saturated carbocycles. The lowest BCUT2D eigenvalue weighted by Crippen LogP contribution is -2.30. The molecule has 0 saturated heterocycles. The Kier molecular flexibility index (Phi) is 70.7. The molecule has 0 aromatic carbocycles. The van der Waals surface area contributed by atoms with Gasteiger partial charge in [-0.25, -0.2) is 9.13 Å². The first-order chi connectivity index (χ1) is 50.7. The van der Waals surface area contributed by atoms with E-state index >= 15 is 0 Å². The van der Waals surface area contributed by atoms with E-state index in [4.69, 9.17) is 37.0 Å². The number of hydrogen-bond donors (Lipinski definition) is 3. The third-order valence-corrected chi connectivity index (χ3v) is 17.0. The first kappa shape index (κ1) is 97.9. The number of esters is 4. The normalized spacial score (nSPS) is 15.0. The number of phosphoric ester groups is 2. The van der Waals surface area contributed by atoms with Crippen molar-refractivity contribution >= 4 is 39.5 Å². The Labute approximate surface area is 627 Å². The number of phosphoric acid groups is 2. The molecule has 17 nitrogen and oxygen atoms in total. The average Bonchev–Trinajstić information content (AvgIpc) is 0.926. The Morgan fingerprint density at radius 3 is 0.846 bits per heavy atom. The van der Waals surface area contributed by atoms with Gasteiger partial charge < -0.3 is 33.8 Å². The number of aliphatic hydroxyl groups is 1. The molecule has 0 aromatic rings. The molecule has 0 fully saturated rings. The van der Waals surface area contributed by atoms with E-state index in [9.17, 15) is 43.2 Å². The van der Waals surface area contributed by atoms with E-state index in [1.165, 1.54) is 0 Å². The van der Waals surface area contributed by atoms with Gasteiger partial charge in [0, 0.05) is 12.8 Å². The molecule has 0 rings (SSSR count). The first-order valence-electron chi connectivity index (χ1n) is 38.7. The van der Waals surface area contributed by atoms with Gasteiger partial charge in [-0.2, -0.15) is 0 Å². The summed E-state index contributed by atoms with van der Waals surface area (Å²) in [5.41, 5.74) is 0. The third kappa shape index (κ3) is 74.2. The van der Waals surface area contributed by atoms with Crippen molar-refractivity contribution in [3.8, 4) is 0 Å². The van der Waals surface area contributed by atoms with Crippen molar-refractivity contribution in [2.45, 2.75) is 277 Å². The number of unbranched alkanes of at least 4 members (excludes halogenated alkanes) is 14. The number of carbonyl (C=O) groups excluding carboxylic acids is 4. The molecule has 3 N–H and O–H groups in total. The molecule has 0 aliphatic rings. The van der Waals surface area contributed by atoms with Crippen LogP contribution in [0, 0.1) is 0 Å². The van der Waals surface area contributed by atoms with Crippen LogP contribution in [0.3, 0.4) is 0 Å². The number of rotatable bonds is 70. The highest BCUT2D eigenvalue weighted by Crippen LogP contribution is 2.45. The van der Waals surface area contributed by atoms with E-state index in [1.54, 1.807) is 18.2 Å². The molecule has 0 spiro atoms. The summed E-state index contributed by atoms with van der Waals surface area (Å²) in [5.74, 6) is -2.52. The highest BCUT2D eigenvalue weighted by Gasteiger charge is 2.30. The summed E-state index contributed by atoms with van der Waals surface area (Å²) < 4.78 is 68.3. The SMILES string of the molecule is CC/C=C\C/C=C\C/C=C\C/C=C\C/C=C\CC(=O)OCC(COP(=O)(O)OCC(O)COP(=O)(O)OCC(COC(=O)CCCCCCCCC/C=C\C/C=C\C/C=C\CC)OC(=O)CCCCCCCCC/C=C\C/C=C\C/C=C\CC)OC(=O)C/C=C\C/C=C\C/C=C\C/C=C\C/C=C\CC. The van der Waals surface area contributed by atoms with Gasteiger partial charge in [0.15, 0.2) is 12.2 Å². The molecule has 104 heavy (non-hydrogen) atoms. The van der Waals surface area contributed by atoms with Crippen LogP contribution < -0.4 is 0 Å². The standard InChI is InChI=1S/C85H134O17P2/c1-5-9-13-17-21-25-29-33-37-39-43-46-50-54-58-62-66-70-83(88)96-76-81(102-85(90)72-68-64-60-56-52-48-44-40-38-34-30-26-22-18-14-10-6-2)78-100-104(93,94)98-74-79(86)73-97-103(91,92)99-77-80(101-84(89)71-67-63-59-55-51-47-42-36-32-28-24-20-16-12-8-4)75-95-82(87)69-65-61-57-53-49-45-41-35-31-27-23-19-15-11-7-3/h9-16,21-28,33-38,41-42,49,51,53,55,61,63,65,67,79-81,86H,5-8,17-20,29-32,39-40,43-48,50,52,54,56-60,62,64,66,68-78H2,1-4H3,(H,91,92)(H,93,94)/b13-9-,14-10-,15-11-,16-12-,25-21-,26-22-,27-23-,28-24-,37-33-,38-34-,41-35-,42-36-,53-49-,55-51-,65-61-,67-63-. The lowest BCUT2D eigenvalue weighted by molar-refractivity contribution is -0.161. The van der Waals surface area contributed by atoms with E-state index in [0.717, 1.165) is 180 Å². The van der Waals surface area contributed by atoms with E-state index in [0.29, 0.717) is 25.7 Å². The van der Waals surface area contributed by atoms with Crippen LogP contribution >= 0.6 is 15.6 Å². The summed E-state index contributed by atoms with van der Waals surface area (Å²) in [6.07, 6.45) is 91.9. The molecule has 0 bridgehead atoms. The van der Waals surface area contributed by atoms with Gasteiger partial charge in [-0.05, 0) is 141 Å². The monoisotopic (exact) mass is 1490 g/mol. The van der Waals surface area contributed by atoms with Gasteiger partial charge in [-0.1, -0.05) is 286 Å². The predicted octanol–water partition coefficient (Wildman–Crippen LogP) is 22.5. The molecule has 0 amide bonds. The number of hydrogen-bond acceptors (Lipinski definition) is 15. The van der Waals surface area contributed by atoms with Gasteiger partial charge in [0.05, 0.1) is 39.3 Å². The van der Waals surface area contributed by atoms with Crippen LogP contribution in [0.4, 0.5) is 0 Å². The maximum Gasteiger partial charge on any atom is 0.472 e. The van der Waals surface area contributed by atoms with Crippen molar-refractivity contribution in [3.63, 3.8) is 0 Å². The third-order valence-electron chi connectivity index (χ3n) is 15.1. The van der Waals surface area contributed by atoms with Crippen molar-refractivity contribution < 1.29 is 80.2 Å². The maximum absolute atomic E-state index is 13.1. The second kappa shape index (κ2) is 75.1. The predicted molar refractivity (Wildman–Crippen MR) is 426 cm³/mol. The van der Waals surface area contributed by atoms with Gasteiger partial charge >= 0.3 is 39.5 Å². The first-order valence-corrected chi connectivity index (χ1v) is 41.7. The van der Waals surface area contributed by atoms with Crippen LogP contribution in [0.1, 0.15) is 259 Å². The maximum atomic E-state index is 13.1. The number of allylic oxidation sites excluding steroid dienone is 30. The second-order valence-corrected chi connectivity index (χ2v) is 27.7. The summed E-state index contributed by atoms with van der Waals surface area (Å²) in [6.45, 7) is 4.14. The van der Waals surface area contributed by atoms with Crippen molar-refractivity contribution in [1.29, 1.82) is 0 Å². The molecule has 0 radical (unpaired) electrons. The summed E-state index contributed by atoms with van der Waals surface area (Å²) in [6, 6.07) is 0. The Hall–Kier alpha value is -6.10. The van der Waals surface area contributed by atoms with Crippen molar-refractivity contribution in [3.05, 3.63) is 194 Å². The lowest BCUT2D eigenvalue weighted by Gasteiger charge is -2.21. The number of aliphatic hydroxyl groups excluding tert-OH is 1. The molecule has 0 aliphatic heterocycles. The summed E-state index contributed by atoms with van der Waals surface area (Å²) >= 11 is 0. The highest BCUT2D eigenvalue weighted by atomic mass is 31.2. The van der Waals surface area contributed by atoms with Crippen molar-refractivity contribution in [2.75, 3.05) is 39.6 Å². The summed E-state index contributed by atoms with van der Waals surface area (Å²) in [7, 11) is -10.0. The molecule has 0 aliphatic carbocycles. The number of ether oxygens (including phenoxy) is 4. The molecule has 5 atom stereocenters. The minimum Gasteiger partial charge on any atom is -0.462 e. The summed E-state index contributed by atoms with van der Waals surface area (Å²) in [5, 5.41) is 10.6. The average molecular weight is 1490 g/mol. The molecule has 0 heterocycles. The fourth-order valence-corrected chi connectivity index (χ4v) is 11.0. The minimum absolute atomic E-state index is 0.0691. The topological polar surface area (TPSA) is 237 Å². The molecular weight excluding hydrogens is 1350 g/mol. The van der Waals surface area contributed by atoms with E-state index < -0.39 is 97.5 Å². The fraction of sp³-hybridized carbons (Fsp3) is 0.576. The van der Waals surface area contributed by atoms with Crippen LogP contribution in [0.5, 0.6) is 0 Å². The quantitative estimate of drug-likeness (QED) is 0.0169. The second-order valence-electron chi connectivity index (χ2n) is 24.8. The molecule has 0 aromatic heterocycles. The zero-order valence-corrected chi connectivity index (χ0v) is 65.6. The Morgan fingerprint density at radius 2 is 0.519 bits per heavy atom. The van der Waals surface area contributed by atoms with E-state index in [2.05, 4.69) is 174 Å². The zero-order chi connectivity index (χ0) is 76.0. The van der Waals surface area contributed by atoms with Crippen molar-refractivity contribution in [1.82, 2.24) is 0 Å². The van der Waals surface area contributed by atoms with Gasteiger partial charge in [-0.3, -0.25) is 37.3 Å². The lowest BCUT2D eigenvalue weighted by atomic mass is 10.1. The smallest absolute Gasteiger partial charge is 0.462 e. The summed E-state index contributed by atoms with van der Waals surface area (Å²) in [4.78, 5) is 72.9. The molecule has 586 valence electrons. The minimum atomic E-state index is -5.03. The van der Waals surface area contributed by atoms with Crippen LogP contribution in [-0.4, -0.2) is 96.7 Å². The largest absolute Gasteiger partial charge is 0.472 e. The molecular formula is C85H134O17P2. The van der Waals surface area contributed by atoms with Crippen LogP contribution in [0.2, 0.25) is 0 Å². The van der Waals surface area contributed by atoms with Gasteiger partial charge in [0.2, 0.25) is 0 Å². The highest BCUT2D eigenvalue weighted by molar-refractivity contribution is 7.47. The van der Waals surface area contributed by atoms with Gasteiger partial charge in [0.25, 0.3) is 0 Å². The zero-order valence-electron chi connectivity index (χ0n) is 63.9. The van der Waals surface area contributed by atoms with Crippen molar-refractivity contribution in [2.24, 2.45) is 0 Å². The van der Waals surface area contributed by atoms with Crippen LogP contribution in [0.15, 0.2) is 194 Å². The van der Waals surface area contributed by atoms with Crippen LogP contribution in [0.25, 0.3) is 0 Å². The van der Waals surface area contributed by atoms with Crippen LogP contribution in [-0.2, 0) is 65.4 Å². The Balaban J connectivity index is 5.53.